The second-order valence-electron chi connectivity index (χ2n) is 4.07. The Balaban J connectivity index is 2.33. The van der Waals surface area contributed by atoms with E-state index < -0.39 is 27.2 Å². The molecule has 0 aromatic heterocycles. The van der Waals surface area contributed by atoms with Gasteiger partial charge in [-0.2, -0.15) is 21.6 Å². The number of allylic oxidation sites excluding steroid dienone is 2. The molecule has 0 aliphatic carbocycles. The van der Waals surface area contributed by atoms with E-state index in [9.17, 15) is 26.0 Å². The van der Waals surface area contributed by atoms with Gasteiger partial charge in [0.15, 0.2) is 5.76 Å². The van der Waals surface area contributed by atoms with Crippen LogP contribution >= 0.6 is 0 Å². The van der Waals surface area contributed by atoms with Gasteiger partial charge < -0.3 is 4.18 Å². The summed E-state index contributed by atoms with van der Waals surface area (Å²) in [5, 5.41) is 1.09. The molecule has 0 amide bonds. The molecule has 0 radical (unpaired) electrons. The smallest absolute Gasteiger partial charge is 0.374 e. The molecule has 0 aromatic rings. The summed E-state index contributed by atoms with van der Waals surface area (Å²) >= 11 is 0. The number of nitrogens with zero attached hydrogens (tertiary/aromatic N) is 1. The minimum atomic E-state index is -5.84. The summed E-state index contributed by atoms with van der Waals surface area (Å²) in [6, 6.07) is -0.257. The molecule has 10 heteroatoms. The van der Waals surface area contributed by atoms with Gasteiger partial charge >= 0.3 is 15.6 Å². The maximum absolute atomic E-state index is 13.3. The van der Waals surface area contributed by atoms with Crippen LogP contribution in [0.25, 0.3) is 0 Å². The Morgan fingerprint density at radius 3 is 2.65 bits per heavy atom. The molecule has 1 N–H and O–H groups in total. The van der Waals surface area contributed by atoms with Crippen molar-refractivity contribution in [3.63, 3.8) is 0 Å². The van der Waals surface area contributed by atoms with Gasteiger partial charge in [-0.3, -0.25) is 5.01 Å². The Bertz CT molecular complexity index is 606. The summed E-state index contributed by atoms with van der Waals surface area (Å²) in [4.78, 5) is 0. The molecule has 0 saturated heterocycles. The summed E-state index contributed by atoms with van der Waals surface area (Å²) in [6.07, 6.45) is 3.61. The Kier molecular flexibility index (Phi) is 3.54. The predicted octanol–water partition coefficient (Wildman–Crippen LogP) is 2.04. The average Bonchev–Trinajstić information content (AvgIpc) is 2.69. The quantitative estimate of drug-likeness (QED) is 0.491. The molecule has 1 unspecified atom stereocenters. The second-order valence-corrected chi connectivity index (χ2v) is 5.61. The first-order valence-electron chi connectivity index (χ1n) is 5.51. The van der Waals surface area contributed by atoms with E-state index in [0.717, 1.165) is 11.2 Å². The Morgan fingerprint density at radius 2 is 2.10 bits per heavy atom. The second kappa shape index (κ2) is 4.77. The van der Waals surface area contributed by atoms with Crippen LogP contribution in [0.4, 0.5) is 17.6 Å². The van der Waals surface area contributed by atoms with Gasteiger partial charge in [0.1, 0.15) is 5.83 Å². The van der Waals surface area contributed by atoms with E-state index in [1.54, 1.807) is 6.92 Å². The van der Waals surface area contributed by atoms with Crippen LogP contribution in [0.15, 0.2) is 35.6 Å². The van der Waals surface area contributed by atoms with Crippen molar-refractivity contribution in [1.82, 2.24) is 10.4 Å². The van der Waals surface area contributed by atoms with Gasteiger partial charge in [-0.05, 0) is 12.5 Å². The first-order valence-corrected chi connectivity index (χ1v) is 6.92. The van der Waals surface area contributed by atoms with Gasteiger partial charge in [-0.25, -0.2) is 9.82 Å². The fourth-order valence-electron chi connectivity index (χ4n) is 1.67. The maximum Gasteiger partial charge on any atom is 0.534 e. The first-order chi connectivity index (χ1) is 9.14. The standard InChI is InChI=1S/C10H10F4N2O3S/c1-2-7-4-8-9(3-6(11)5-16(8)15-7)19-20(17,18)10(12,13)14/h3-5,7,15H,2H2,1H3. The number of rotatable bonds is 3. The largest absolute Gasteiger partial charge is 0.534 e. The van der Waals surface area contributed by atoms with Crippen LogP contribution in [-0.2, 0) is 14.3 Å². The van der Waals surface area contributed by atoms with Gasteiger partial charge in [0.2, 0.25) is 0 Å². The van der Waals surface area contributed by atoms with E-state index in [2.05, 4.69) is 9.61 Å². The van der Waals surface area contributed by atoms with Crippen LogP contribution in [-0.4, -0.2) is 25.0 Å². The van der Waals surface area contributed by atoms with E-state index >= 15 is 0 Å². The molecule has 0 spiro atoms. The van der Waals surface area contributed by atoms with Gasteiger partial charge in [-0.1, -0.05) is 6.92 Å². The fourth-order valence-corrected chi connectivity index (χ4v) is 2.13. The topological polar surface area (TPSA) is 58.6 Å². The lowest BCUT2D eigenvalue weighted by atomic mass is 10.2. The molecule has 1 atom stereocenters. The van der Waals surface area contributed by atoms with Gasteiger partial charge in [0, 0.05) is 12.1 Å². The van der Waals surface area contributed by atoms with Crippen molar-refractivity contribution in [2.45, 2.75) is 24.9 Å². The highest BCUT2D eigenvalue weighted by atomic mass is 32.2. The average molecular weight is 314 g/mol. The number of hydrogen-bond donors (Lipinski definition) is 1. The maximum atomic E-state index is 13.3. The van der Waals surface area contributed by atoms with Gasteiger partial charge in [-0.15, -0.1) is 0 Å². The van der Waals surface area contributed by atoms with Crippen molar-refractivity contribution < 1.29 is 30.2 Å². The highest BCUT2D eigenvalue weighted by Gasteiger charge is 2.49. The molecule has 2 aliphatic rings. The van der Waals surface area contributed by atoms with Crippen molar-refractivity contribution in [3.05, 3.63) is 35.6 Å². The lowest BCUT2D eigenvalue weighted by Gasteiger charge is -2.24. The van der Waals surface area contributed by atoms with Crippen molar-refractivity contribution in [3.8, 4) is 0 Å². The zero-order valence-electron chi connectivity index (χ0n) is 10.1. The van der Waals surface area contributed by atoms with Crippen molar-refractivity contribution >= 4 is 10.1 Å². The van der Waals surface area contributed by atoms with E-state index in [0.29, 0.717) is 12.5 Å². The highest BCUT2D eigenvalue weighted by Crippen LogP contribution is 2.34. The fraction of sp³-hybridized carbons (Fsp3) is 0.400. The summed E-state index contributed by atoms with van der Waals surface area (Å²) in [6.45, 7) is 1.80. The minimum Gasteiger partial charge on any atom is -0.374 e. The highest BCUT2D eigenvalue weighted by molar-refractivity contribution is 7.87. The number of fused-ring (bicyclic) bond motifs is 1. The molecule has 2 rings (SSSR count). The number of hydrazine groups is 1. The molecule has 20 heavy (non-hydrogen) atoms. The number of nitrogens with one attached hydrogen (secondary N) is 1. The van der Waals surface area contributed by atoms with E-state index in [4.69, 9.17) is 0 Å². The van der Waals surface area contributed by atoms with Gasteiger partial charge in [0.05, 0.1) is 11.9 Å². The van der Waals surface area contributed by atoms with E-state index in [1.165, 1.54) is 6.08 Å². The molecule has 2 aliphatic heterocycles. The molecule has 0 bridgehead atoms. The van der Waals surface area contributed by atoms with Crippen LogP contribution in [0.3, 0.4) is 0 Å². The summed E-state index contributed by atoms with van der Waals surface area (Å²) in [5.41, 5.74) is -2.80. The predicted molar refractivity (Wildman–Crippen MR) is 60.5 cm³/mol. The molecular formula is C10H10F4N2O3S. The van der Waals surface area contributed by atoms with Gasteiger partial charge in [0.25, 0.3) is 0 Å². The number of halogens is 4. The molecule has 112 valence electrons. The molecule has 5 nitrogen and oxygen atoms in total. The third-order valence-corrected chi connectivity index (χ3v) is 3.59. The molecule has 0 aromatic carbocycles. The molecule has 0 fully saturated rings. The lowest BCUT2D eigenvalue weighted by molar-refractivity contribution is -0.0522. The van der Waals surface area contributed by atoms with Crippen molar-refractivity contribution in [2.24, 2.45) is 0 Å². The van der Waals surface area contributed by atoms with E-state index in [1.807, 2.05) is 0 Å². The SMILES string of the molecule is CCC1C=C2C(OS(=O)(=O)C(F)(F)F)=CC(F)=CN2N1. The van der Waals surface area contributed by atoms with Crippen molar-refractivity contribution in [2.75, 3.05) is 0 Å². The van der Waals surface area contributed by atoms with Crippen molar-refractivity contribution in [1.29, 1.82) is 0 Å². The summed E-state index contributed by atoms with van der Waals surface area (Å²) < 4.78 is 76.1. The minimum absolute atomic E-state index is 0.0195. The zero-order valence-corrected chi connectivity index (χ0v) is 10.9. The van der Waals surface area contributed by atoms with Crippen LogP contribution in [0.2, 0.25) is 0 Å². The molecule has 0 saturated carbocycles. The third kappa shape index (κ3) is 2.66. The van der Waals surface area contributed by atoms with E-state index in [-0.39, 0.29) is 11.7 Å². The molecular weight excluding hydrogens is 304 g/mol. The Hall–Kier alpha value is -1.55. The van der Waals surface area contributed by atoms with Crippen LogP contribution in [0.5, 0.6) is 0 Å². The molecule has 2 heterocycles. The number of alkyl halides is 3. The zero-order chi connectivity index (χ0) is 15.1. The lowest BCUT2D eigenvalue weighted by Crippen LogP contribution is -2.35. The first kappa shape index (κ1) is 14.9. The van der Waals surface area contributed by atoms with Crippen LogP contribution < -0.4 is 5.43 Å². The Labute approximate surface area is 112 Å². The number of hydrogen-bond acceptors (Lipinski definition) is 5. The van der Waals surface area contributed by atoms with Crippen LogP contribution in [0, 0.1) is 0 Å². The third-order valence-electron chi connectivity index (χ3n) is 2.62. The Morgan fingerprint density at radius 1 is 1.45 bits per heavy atom. The monoisotopic (exact) mass is 314 g/mol. The normalized spacial score (nSPS) is 22.9. The van der Waals surface area contributed by atoms with Crippen LogP contribution in [0.1, 0.15) is 13.3 Å². The summed E-state index contributed by atoms with van der Waals surface area (Å²) in [7, 11) is -5.84. The summed E-state index contributed by atoms with van der Waals surface area (Å²) in [5.74, 6) is -1.65.